The van der Waals surface area contributed by atoms with Gasteiger partial charge < -0.3 is 9.84 Å². The molecular formula is C18H15F4N3O2. The Labute approximate surface area is 151 Å². The number of aromatic nitrogens is 3. The lowest BCUT2D eigenvalue weighted by molar-refractivity contribution is -0.141. The highest BCUT2D eigenvalue weighted by Gasteiger charge is 2.37. The Balaban J connectivity index is 1.79. The summed E-state index contributed by atoms with van der Waals surface area (Å²) in [4.78, 5) is 3.89. The first-order chi connectivity index (χ1) is 12.8. The summed E-state index contributed by atoms with van der Waals surface area (Å²) < 4.78 is 60.1. The smallest absolute Gasteiger partial charge is 0.419 e. The van der Waals surface area contributed by atoms with Gasteiger partial charge in [-0.25, -0.2) is 14.1 Å². The summed E-state index contributed by atoms with van der Waals surface area (Å²) in [6.45, 7) is 0.762. The number of benzene rings is 2. The van der Waals surface area contributed by atoms with Crippen molar-refractivity contribution in [3.8, 4) is 11.4 Å². The van der Waals surface area contributed by atoms with Crippen molar-refractivity contribution in [2.75, 3.05) is 0 Å². The fourth-order valence-corrected chi connectivity index (χ4v) is 2.56. The highest BCUT2D eigenvalue weighted by molar-refractivity contribution is 5.39. The third-order valence-corrected chi connectivity index (χ3v) is 3.94. The zero-order valence-corrected chi connectivity index (χ0v) is 14.2. The summed E-state index contributed by atoms with van der Waals surface area (Å²) in [5.74, 6) is -0.748. The van der Waals surface area contributed by atoms with E-state index in [2.05, 4.69) is 10.1 Å². The zero-order valence-electron chi connectivity index (χ0n) is 14.2. The van der Waals surface area contributed by atoms with Gasteiger partial charge in [-0.1, -0.05) is 6.07 Å². The van der Waals surface area contributed by atoms with Crippen molar-refractivity contribution < 1.29 is 27.4 Å². The van der Waals surface area contributed by atoms with E-state index in [1.807, 2.05) is 0 Å². The van der Waals surface area contributed by atoms with E-state index in [0.717, 1.165) is 6.07 Å². The normalized spacial score (nSPS) is 11.6. The topological polar surface area (TPSA) is 60.2 Å². The second-order valence-electron chi connectivity index (χ2n) is 5.76. The van der Waals surface area contributed by atoms with Crippen molar-refractivity contribution in [2.24, 2.45) is 0 Å². The van der Waals surface area contributed by atoms with Crippen LogP contribution in [0.25, 0.3) is 5.69 Å². The molecule has 0 bridgehead atoms. The zero-order chi connectivity index (χ0) is 19.6. The summed E-state index contributed by atoms with van der Waals surface area (Å²) in [6.07, 6.45) is -3.39. The quantitative estimate of drug-likeness (QED) is 0.683. The van der Waals surface area contributed by atoms with Crippen LogP contribution in [0.4, 0.5) is 17.6 Å². The standard InChI is InChI=1S/C18H15F4N3O2/c1-11-2-7-15(19)17(18(20,21)22)14(11)9-27-13-5-3-12(4-6-13)25-10-23-16(8-26)24-25/h2-7,10,26H,8-9H2,1H3. The van der Waals surface area contributed by atoms with Gasteiger partial charge in [0.15, 0.2) is 5.82 Å². The predicted octanol–water partition coefficient (Wildman–Crippen LogP) is 3.80. The van der Waals surface area contributed by atoms with Crippen LogP contribution in [-0.4, -0.2) is 19.9 Å². The van der Waals surface area contributed by atoms with Crippen molar-refractivity contribution in [1.82, 2.24) is 14.8 Å². The SMILES string of the molecule is Cc1ccc(F)c(C(F)(F)F)c1COc1ccc(-n2cnc(CO)n2)cc1. The van der Waals surface area contributed by atoms with Crippen LogP contribution in [0.5, 0.6) is 5.75 Å². The number of halogens is 4. The maximum atomic E-state index is 13.7. The van der Waals surface area contributed by atoms with Gasteiger partial charge in [-0.15, -0.1) is 5.10 Å². The fourth-order valence-electron chi connectivity index (χ4n) is 2.56. The highest BCUT2D eigenvalue weighted by atomic mass is 19.4. The van der Waals surface area contributed by atoms with Gasteiger partial charge >= 0.3 is 6.18 Å². The first-order valence-electron chi connectivity index (χ1n) is 7.89. The molecule has 0 aliphatic carbocycles. The van der Waals surface area contributed by atoms with Crippen molar-refractivity contribution in [3.63, 3.8) is 0 Å². The molecule has 0 aliphatic rings. The Hall–Kier alpha value is -2.94. The van der Waals surface area contributed by atoms with Crippen LogP contribution in [0.3, 0.4) is 0 Å². The van der Waals surface area contributed by atoms with Gasteiger partial charge in [0.1, 0.15) is 31.1 Å². The number of aliphatic hydroxyl groups is 1. The predicted molar refractivity (Wildman–Crippen MR) is 87.8 cm³/mol. The van der Waals surface area contributed by atoms with Crippen molar-refractivity contribution in [3.05, 3.63) is 71.1 Å². The molecule has 0 amide bonds. The molecule has 2 aromatic carbocycles. The van der Waals surface area contributed by atoms with Gasteiger partial charge in [-0.2, -0.15) is 13.2 Å². The van der Waals surface area contributed by atoms with Crippen molar-refractivity contribution >= 4 is 0 Å². The van der Waals surface area contributed by atoms with Crippen LogP contribution < -0.4 is 4.74 Å². The third-order valence-electron chi connectivity index (χ3n) is 3.94. The number of aryl methyl sites for hydroxylation is 1. The summed E-state index contributed by atoms with van der Waals surface area (Å²) in [5.41, 5.74) is -0.624. The molecule has 3 rings (SSSR count). The van der Waals surface area contributed by atoms with Crippen molar-refractivity contribution in [2.45, 2.75) is 26.3 Å². The summed E-state index contributed by atoms with van der Waals surface area (Å²) in [5, 5.41) is 13.0. The van der Waals surface area contributed by atoms with Gasteiger partial charge in [0, 0.05) is 5.56 Å². The average Bonchev–Trinajstić information content (AvgIpc) is 3.11. The first kappa shape index (κ1) is 18.8. The molecule has 5 nitrogen and oxygen atoms in total. The van der Waals surface area contributed by atoms with E-state index in [1.165, 1.54) is 24.0 Å². The summed E-state index contributed by atoms with van der Waals surface area (Å²) >= 11 is 0. The van der Waals surface area contributed by atoms with E-state index < -0.39 is 24.2 Å². The monoisotopic (exact) mass is 381 g/mol. The van der Waals surface area contributed by atoms with Gasteiger partial charge in [-0.05, 0) is 42.8 Å². The van der Waals surface area contributed by atoms with Gasteiger partial charge in [0.05, 0.1) is 11.3 Å². The lowest BCUT2D eigenvalue weighted by atomic mass is 10.0. The Morgan fingerprint density at radius 1 is 1.11 bits per heavy atom. The molecule has 3 aromatic rings. The number of hydrogen-bond donors (Lipinski definition) is 1. The van der Waals surface area contributed by atoms with Crippen LogP contribution in [0.1, 0.15) is 22.5 Å². The van der Waals surface area contributed by atoms with Gasteiger partial charge in [0.2, 0.25) is 0 Å². The first-order valence-corrected chi connectivity index (χ1v) is 7.89. The van der Waals surface area contributed by atoms with E-state index in [1.54, 1.807) is 24.3 Å². The summed E-state index contributed by atoms with van der Waals surface area (Å²) in [6, 6.07) is 8.46. The number of aliphatic hydroxyl groups excluding tert-OH is 1. The molecule has 0 saturated carbocycles. The molecule has 142 valence electrons. The van der Waals surface area contributed by atoms with E-state index in [-0.39, 0.29) is 18.0 Å². The molecule has 27 heavy (non-hydrogen) atoms. The molecule has 0 aliphatic heterocycles. The van der Waals surface area contributed by atoms with Gasteiger partial charge in [-0.3, -0.25) is 0 Å². The Morgan fingerprint density at radius 3 is 2.41 bits per heavy atom. The van der Waals surface area contributed by atoms with Crippen LogP contribution in [0.15, 0.2) is 42.7 Å². The Morgan fingerprint density at radius 2 is 1.81 bits per heavy atom. The lowest BCUT2D eigenvalue weighted by Crippen LogP contribution is -2.15. The van der Waals surface area contributed by atoms with Crippen LogP contribution in [-0.2, 0) is 19.4 Å². The van der Waals surface area contributed by atoms with Gasteiger partial charge in [0.25, 0.3) is 0 Å². The number of ether oxygens (including phenoxy) is 1. The van der Waals surface area contributed by atoms with Crippen LogP contribution in [0, 0.1) is 12.7 Å². The minimum Gasteiger partial charge on any atom is -0.489 e. The molecule has 0 spiro atoms. The van der Waals surface area contributed by atoms with E-state index in [0.29, 0.717) is 17.0 Å². The maximum Gasteiger partial charge on any atom is 0.419 e. The molecule has 0 fully saturated rings. The van der Waals surface area contributed by atoms with E-state index in [4.69, 9.17) is 9.84 Å². The molecule has 0 radical (unpaired) electrons. The lowest BCUT2D eigenvalue weighted by Gasteiger charge is -2.17. The van der Waals surface area contributed by atoms with E-state index >= 15 is 0 Å². The molecule has 1 aromatic heterocycles. The number of hydrogen-bond acceptors (Lipinski definition) is 4. The maximum absolute atomic E-state index is 13.7. The number of alkyl halides is 3. The summed E-state index contributed by atoms with van der Waals surface area (Å²) in [7, 11) is 0. The molecule has 0 unspecified atom stereocenters. The highest BCUT2D eigenvalue weighted by Crippen LogP contribution is 2.36. The largest absolute Gasteiger partial charge is 0.489 e. The number of rotatable bonds is 5. The minimum absolute atomic E-state index is 0.240. The Bertz CT molecular complexity index is 937. The Kier molecular flexibility index (Phi) is 5.13. The van der Waals surface area contributed by atoms with Crippen LogP contribution >= 0.6 is 0 Å². The second-order valence-corrected chi connectivity index (χ2v) is 5.76. The molecule has 1 heterocycles. The fraction of sp³-hybridized carbons (Fsp3) is 0.222. The van der Waals surface area contributed by atoms with Crippen LogP contribution in [0.2, 0.25) is 0 Å². The van der Waals surface area contributed by atoms with Crippen molar-refractivity contribution in [1.29, 1.82) is 0 Å². The molecule has 9 heteroatoms. The molecule has 0 atom stereocenters. The molecule has 0 saturated heterocycles. The molecular weight excluding hydrogens is 366 g/mol. The average molecular weight is 381 g/mol. The van der Waals surface area contributed by atoms with E-state index in [9.17, 15) is 17.6 Å². The molecule has 1 N–H and O–H groups in total. The second kappa shape index (κ2) is 7.36. The third kappa shape index (κ3) is 4.08. The minimum atomic E-state index is -4.81. The number of nitrogens with zero attached hydrogens (tertiary/aromatic N) is 3.